The molecular formula is C16H17ClN4O2. The molecule has 7 heteroatoms. The Kier molecular flexibility index (Phi) is 4.45. The van der Waals surface area contributed by atoms with Crippen LogP contribution in [0.3, 0.4) is 0 Å². The van der Waals surface area contributed by atoms with Crippen molar-refractivity contribution < 1.29 is 9.47 Å². The van der Waals surface area contributed by atoms with Crippen LogP contribution in [0.5, 0.6) is 5.75 Å². The summed E-state index contributed by atoms with van der Waals surface area (Å²) in [5.74, 6) is 0.652. The molecule has 0 spiro atoms. The van der Waals surface area contributed by atoms with E-state index in [-0.39, 0.29) is 0 Å². The van der Waals surface area contributed by atoms with Crippen LogP contribution in [0.25, 0.3) is 22.2 Å². The molecule has 0 aliphatic carbocycles. The molecule has 0 saturated heterocycles. The number of methoxy groups -OCH3 is 2. The van der Waals surface area contributed by atoms with E-state index in [1.54, 1.807) is 32.8 Å². The van der Waals surface area contributed by atoms with E-state index in [9.17, 15) is 0 Å². The lowest BCUT2D eigenvalue weighted by Crippen LogP contribution is -2.04. The molecule has 3 rings (SSSR count). The minimum absolute atomic E-state index is 0.342. The van der Waals surface area contributed by atoms with Crippen LogP contribution < -0.4 is 4.74 Å². The maximum Gasteiger partial charge on any atom is 0.159 e. The SMILES string of the molecule is CCn1ncc2c(-c3cncc(Cl)c3)c(OC)c(COC)nc21. The molecule has 0 unspecified atom stereocenters. The van der Waals surface area contributed by atoms with E-state index in [2.05, 4.69) is 15.1 Å². The highest BCUT2D eigenvalue weighted by Gasteiger charge is 2.20. The van der Waals surface area contributed by atoms with E-state index in [4.69, 9.17) is 21.1 Å². The lowest BCUT2D eigenvalue weighted by atomic mass is 10.0. The number of hydrogen-bond acceptors (Lipinski definition) is 5. The summed E-state index contributed by atoms with van der Waals surface area (Å²) in [6, 6.07) is 1.85. The molecule has 0 saturated carbocycles. The Morgan fingerprint density at radius 1 is 1.22 bits per heavy atom. The minimum Gasteiger partial charge on any atom is -0.494 e. The van der Waals surface area contributed by atoms with Crippen molar-refractivity contribution in [3.05, 3.63) is 35.4 Å². The molecule has 0 amide bonds. The third kappa shape index (κ3) is 2.75. The van der Waals surface area contributed by atoms with Gasteiger partial charge in [-0.2, -0.15) is 5.10 Å². The Morgan fingerprint density at radius 2 is 2.04 bits per heavy atom. The van der Waals surface area contributed by atoms with E-state index in [0.717, 1.165) is 28.7 Å². The Labute approximate surface area is 139 Å². The Bertz CT molecular complexity index is 847. The number of nitrogens with zero attached hydrogens (tertiary/aromatic N) is 4. The summed E-state index contributed by atoms with van der Waals surface area (Å²) in [5.41, 5.74) is 3.23. The van der Waals surface area contributed by atoms with Crippen LogP contribution in [0.15, 0.2) is 24.7 Å². The summed E-state index contributed by atoms with van der Waals surface area (Å²) >= 11 is 6.11. The van der Waals surface area contributed by atoms with E-state index < -0.39 is 0 Å². The van der Waals surface area contributed by atoms with Crippen LogP contribution in [-0.2, 0) is 17.9 Å². The van der Waals surface area contributed by atoms with E-state index in [1.807, 2.05) is 17.7 Å². The van der Waals surface area contributed by atoms with Gasteiger partial charge in [-0.05, 0) is 13.0 Å². The normalized spacial score (nSPS) is 11.1. The zero-order valence-electron chi connectivity index (χ0n) is 13.2. The number of fused-ring (bicyclic) bond motifs is 1. The van der Waals surface area contributed by atoms with Gasteiger partial charge in [-0.25, -0.2) is 9.67 Å². The maximum absolute atomic E-state index is 6.11. The first-order chi connectivity index (χ1) is 11.2. The van der Waals surface area contributed by atoms with Gasteiger partial charge < -0.3 is 9.47 Å². The van der Waals surface area contributed by atoms with Gasteiger partial charge in [-0.3, -0.25) is 4.98 Å². The van der Waals surface area contributed by atoms with Crippen molar-refractivity contribution in [1.82, 2.24) is 19.7 Å². The minimum atomic E-state index is 0.342. The molecule has 0 bridgehead atoms. The van der Waals surface area contributed by atoms with Crippen molar-refractivity contribution in [1.29, 1.82) is 0 Å². The average molecular weight is 333 g/mol. The van der Waals surface area contributed by atoms with Crippen molar-refractivity contribution in [3.63, 3.8) is 0 Å². The number of aryl methyl sites for hydroxylation is 1. The molecule has 0 N–H and O–H groups in total. The van der Waals surface area contributed by atoms with E-state index in [0.29, 0.717) is 23.1 Å². The van der Waals surface area contributed by atoms with Gasteiger partial charge in [0.1, 0.15) is 5.69 Å². The van der Waals surface area contributed by atoms with Crippen molar-refractivity contribution in [3.8, 4) is 16.9 Å². The third-order valence-electron chi connectivity index (χ3n) is 3.59. The molecule has 3 aromatic rings. The summed E-state index contributed by atoms with van der Waals surface area (Å²) in [6.07, 6.45) is 5.14. The van der Waals surface area contributed by atoms with Gasteiger partial charge in [0.05, 0.1) is 30.3 Å². The lowest BCUT2D eigenvalue weighted by Gasteiger charge is -2.14. The van der Waals surface area contributed by atoms with Gasteiger partial charge in [0.15, 0.2) is 11.4 Å². The monoisotopic (exact) mass is 332 g/mol. The maximum atomic E-state index is 6.11. The molecule has 23 heavy (non-hydrogen) atoms. The van der Waals surface area contributed by atoms with Crippen molar-refractivity contribution in [2.45, 2.75) is 20.1 Å². The predicted octanol–water partition coefficient (Wildman–Crippen LogP) is 3.32. The van der Waals surface area contributed by atoms with Crippen molar-refractivity contribution >= 4 is 22.6 Å². The second-order valence-corrected chi connectivity index (χ2v) is 5.43. The fourth-order valence-electron chi connectivity index (χ4n) is 2.64. The lowest BCUT2D eigenvalue weighted by molar-refractivity contribution is 0.178. The highest BCUT2D eigenvalue weighted by Crippen LogP contribution is 2.39. The predicted molar refractivity (Wildman–Crippen MR) is 88.7 cm³/mol. The summed E-state index contributed by atoms with van der Waals surface area (Å²) in [5, 5.41) is 5.86. The Hall–Kier alpha value is -2.18. The number of halogens is 1. The van der Waals surface area contributed by atoms with Crippen LogP contribution in [0.1, 0.15) is 12.6 Å². The van der Waals surface area contributed by atoms with Gasteiger partial charge in [-0.1, -0.05) is 11.6 Å². The van der Waals surface area contributed by atoms with Crippen molar-refractivity contribution in [2.75, 3.05) is 14.2 Å². The van der Waals surface area contributed by atoms with Crippen molar-refractivity contribution in [2.24, 2.45) is 0 Å². The van der Waals surface area contributed by atoms with Gasteiger partial charge in [0, 0.05) is 37.2 Å². The fourth-order valence-corrected chi connectivity index (χ4v) is 2.81. The zero-order chi connectivity index (χ0) is 16.4. The van der Waals surface area contributed by atoms with Crippen LogP contribution >= 0.6 is 11.6 Å². The number of hydrogen-bond donors (Lipinski definition) is 0. The van der Waals surface area contributed by atoms with Gasteiger partial charge in [-0.15, -0.1) is 0 Å². The molecule has 0 aliphatic heterocycles. The number of pyridine rings is 2. The largest absolute Gasteiger partial charge is 0.494 e. The Morgan fingerprint density at radius 3 is 2.70 bits per heavy atom. The highest BCUT2D eigenvalue weighted by molar-refractivity contribution is 6.30. The summed E-state index contributed by atoms with van der Waals surface area (Å²) in [6.45, 7) is 3.09. The molecule has 0 atom stereocenters. The second-order valence-electron chi connectivity index (χ2n) is 4.99. The van der Waals surface area contributed by atoms with Gasteiger partial charge in [0.25, 0.3) is 0 Å². The van der Waals surface area contributed by atoms with Gasteiger partial charge in [0.2, 0.25) is 0 Å². The van der Waals surface area contributed by atoms with Crippen LogP contribution in [0.2, 0.25) is 5.02 Å². The average Bonchev–Trinajstić information content (AvgIpc) is 2.96. The number of ether oxygens (including phenoxy) is 2. The summed E-state index contributed by atoms with van der Waals surface area (Å²) < 4.78 is 12.7. The summed E-state index contributed by atoms with van der Waals surface area (Å²) in [4.78, 5) is 8.85. The second kappa shape index (κ2) is 6.52. The molecule has 0 radical (unpaired) electrons. The number of aromatic nitrogens is 4. The molecule has 0 fully saturated rings. The first kappa shape index (κ1) is 15.7. The van der Waals surface area contributed by atoms with Gasteiger partial charge >= 0.3 is 0 Å². The molecule has 3 aromatic heterocycles. The zero-order valence-corrected chi connectivity index (χ0v) is 14.0. The first-order valence-electron chi connectivity index (χ1n) is 7.21. The molecule has 3 heterocycles. The smallest absolute Gasteiger partial charge is 0.159 e. The fraction of sp³-hybridized carbons (Fsp3) is 0.312. The number of rotatable bonds is 5. The standard InChI is InChI=1S/C16H17ClN4O2/c1-4-21-16-12(8-19-21)14(10-5-11(17)7-18-6-10)15(23-3)13(20-16)9-22-2/h5-8H,4,9H2,1-3H3. The summed E-state index contributed by atoms with van der Waals surface area (Å²) in [7, 11) is 3.25. The van der Waals surface area contributed by atoms with Crippen LogP contribution in [0.4, 0.5) is 0 Å². The Balaban J connectivity index is 2.38. The molecule has 0 aliphatic rings. The molecule has 6 nitrogen and oxygen atoms in total. The first-order valence-corrected chi connectivity index (χ1v) is 7.59. The molecular weight excluding hydrogens is 316 g/mol. The van der Waals surface area contributed by atoms with E-state index >= 15 is 0 Å². The van der Waals surface area contributed by atoms with Crippen LogP contribution in [0, 0.1) is 0 Å². The highest BCUT2D eigenvalue weighted by atomic mass is 35.5. The molecule has 120 valence electrons. The third-order valence-corrected chi connectivity index (χ3v) is 3.80. The van der Waals surface area contributed by atoms with Crippen LogP contribution in [-0.4, -0.2) is 34.0 Å². The topological polar surface area (TPSA) is 62.1 Å². The quantitative estimate of drug-likeness (QED) is 0.717. The van der Waals surface area contributed by atoms with E-state index in [1.165, 1.54) is 0 Å². The molecule has 0 aromatic carbocycles.